The van der Waals surface area contributed by atoms with Crippen LogP contribution in [0, 0.1) is 13.8 Å². The van der Waals surface area contributed by atoms with Crippen LogP contribution in [0.25, 0.3) is 0 Å². The second-order valence-electron chi connectivity index (χ2n) is 8.43. The zero-order chi connectivity index (χ0) is 23.8. The van der Waals surface area contributed by atoms with Crippen LogP contribution in [-0.4, -0.2) is 57.4 Å². The highest BCUT2D eigenvalue weighted by Crippen LogP contribution is 2.15. The van der Waals surface area contributed by atoms with Gasteiger partial charge in [0.15, 0.2) is 0 Å². The first-order valence-corrected chi connectivity index (χ1v) is 12.6. The largest absolute Gasteiger partial charge is 0.353 e. The van der Waals surface area contributed by atoms with Crippen molar-refractivity contribution in [3.8, 4) is 0 Å². The predicted molar refractivity (Wildman–Crippen MR) is 128 cm³/mol. The van der Waals surface area contributed by atoms with Crippen LogP contribution >= 0.6 is 0 Å². The molecule has 33 heavy (non-hydrogen) atoms. The quantitative estimate of drug-likeness (QED) is 0.519. The summed E-state index contributed by atoms with van der Waals surface area (Å²) in [7, 11) is -3.64. The summed E-state index contributed by atoms with van der Waals surface area (Å²) in [4.78, 5) is 26.7. The zero-order valence-corrected chi connectivity index (χ0v) is 20.0. The lowest BCUT2D eigenvalue weighted by molar-refractivity contribution is -0.122. The van der Waals surface area contributed by atoms with Crippen LogP contribution in [0.1, 0.15) is 30.4 Å². The van der Waals surface area contributed by atoms with Gasteiger partial charge in [0.2, 0.25) is 21.8 Å². The molecule has 0 aliphatic carbocycles. The van der Waals surface area contributed by atoms with E-state index in [4.69, 9.17) is 0 Å². The molecule has 2 amide bonds. The van der Waals surface area contributed by atoms with E-state index < -0.39 is 10.0 Å². The van der Waals surface area contributed by atoms with Gasteiger partial charge in [0.05, 0.1) is 11.4 Å². The molecule has 0 radical (unpaired) electrons. The van der Waals surface area contributed by atoms with Gasteiger partial charge in [-0.15, -0.1) is 0 Å². The molecule has 3 rings (SSSR count). The van der Waals surface area contributed by atoms with Crippen molar-refractivity contribution in [1.82, 2.24) is 14.9 Å². The van der Waals surface area contributed by atoms with E-state index in [-0.39, 0.29) is 35.7 Å². The van der Waals surface area contributed by atoms with Gasteiger partial charge in [-0.25, -0.2) is 13.1 Å². The lowest BCUT2D eigenvalue weighted by Crippen LogP contribution is -2.47. The Kier molecular flexibility index (Phi) is 8.60. The average Bonchev–Trinajstić information content (AvgIpc) is 2.77. The number of benzene rings is 2. The van der Waals surface area contributed by atoms with E-state index in [1.54, 1.807) is 18.2 Å². The second-order valence-corrected chi connectivity index (χ2v) is 10.2. The molecule has 1 saturated heterocycles. The molecule has 2 aromatic rings. The molecule has 8 nitrogen and oxygen atoms in total. The van der Waals surface area contributed by atoms with Gasteiger partial charge in [-0.3, -0.25) is 14.5 Å². The molecule has 0 aromatic heterocycles. The molecule has 0 unspecified atom stereocenters. The van der Waals surface area contributed by atoms with E-state index in [9.17, 15) is 18.0 Å². The van der Waals surface area contributed by atoms with E-state index >= 15 is 0 Å². The fourth-order valence-electron chi connectivity index (χ4n) is 3.72. The maximum atomic E-state index is 12.4. The van der Waals surface area contributed by atoms with Gasteiger partial charge in [0.1, 0.15) is 0 Å². The number of hydrogen-bond acceptors (Lipinski definition) is 5. The van der Waals surface area contributed by atoms with Gasteiger partial charge < -0.3 is 10.6 Å². The molecule has 2 aromatic carbocycles. The van der Waals surface area contributed by atoms with Gasteiger partial charge in [-0.1, -0.05) is 24.3 Å². The van der Waals surface area contributed by atoms with Crippen LogP contribution in [0.15, 0.2) is 53.4 Å². The maximum absolute atomic E-state index is 12.4. The molecule has 9 heteroatoms. The molecule has 0 bridgehead atoms. The summed E-state index contributed by atoms with van der Waals surface area (Å²) in [5.41, 5.74) is 2.70. The molecule has 178 valence electrons. The number of amides is 2. The van der Waals surface area contributed by atoms with Crippen molar-refractivity contribution >= 4 is 27.5 Å². The Morgan fingerprint density at radius 2 is 1.67 bits per heavy atom. The number of para-hydroxylation sites is 1. The third-order valence-electron chi connectivity index (χ3n) is 5.81. The topological polar surface area (TPSA) is 108 Å². The van der Waals surface area contributed by atoms with Gasteiger partial charge in [-0.05, 0) is 62.1 Å². The Morgan fingerprint density at radius 3 is 2.33 bits per heavy atom. The minimum Gasteiger partial charge on any atom is -0.353 e. The van der Waals surface area contributed by atoms with Crippen LogP contribution in [0.5, 0.6) is 0 Å². The normalized spacial score (nSPS) is 15.2. The highest BCUT2D eigenvalue weighted by molar-refractivity contribution is 7.89. The lowest BCUT2D eigenvalue weighted by Gasteiger charge is -2.31. The molecule has 1 aliphatic rings. The van der Waals surface area contributed by atoms with Crippen LogP contribution in [0.4, 0.5) is 5.69 Å². The Labute approximate surface area is 195 Å². The van der Waals surface area contributed by atoms with E-state index in [0.717, 1.165) is 29.7 Å². The lowest BCUT2D eigenvalue weighted by atomic mass is 10.0. The first kappa shape index (κ1) is 24.9. The highest BCUT2D eigenvalue weighted by atomic mass is 32.2. The number of nitrogens with one attached hydrogen (secondary N) is 3. The highest BCUT2D eigenvalue weighted by Gasteiger charge is 2.22. The van der Waals surface area contributed by atoms with E-state index in [1.165, 1.54) is 0 Å². The van der Waals surface area contributed by atoms with Crippen molar-refractivity contribution in [3.05, 3.63) is 59.7 Å². The zero-order valence-electron chi connectivity index (χ0n) is 19.1. The van der Waals surface area contributed by atoms with Crippen LogP contribution in [-0.2, 0) is 19.6 Å². The Balaban J connectivity index is 1.35. The number of piperidine rings is 1. The number of sulfonamides is 1. The van der Waals surface area contributed by atoms with Gasteiger partial charge in [0, 0.05) is 37.8 Å². The number of carbonyl (C=O) groups is 2. The third-order valence-corrected chi connectivity index (χ3v) is 7.27. The molecular formula is C24H32N4O4S. The standard InChI is InChI=1S/C24H32N4O4S/c1-18-8-9-22(16-19(18)2)33(31,32)25-13-10-23(29)26-21-11-14-28(15-12-21)17-24(30)27-20-6-4-3-5-7-20/h3-9,16,21,25H,10-15,17H2,1-2H3,(H,26,29)(H,27,30). The summed E-state index contributed by atoms with van der Waals surface area (Å²) in [5.74, 6) is -0.238. The summed E-state index contributed by atoms with van der Waals surface area (Å²) >= 11 is 0. The predicted octanol–water partition coefficient (Wildman–Crippen LogP) is 2.19. The summed E-state index contributed by atoms with van der Waals surface area (Å²) < 4.78 is 27.3. The molecule has 0 saturated carbocycles. The van der Waals surface area contributed by atoms with Crippen molar-refractivity contribution in [2.75, 3.05) is 31.5 Å². The SMILES string of the molecule is Cc1ccc(S(=O)(=O)NCCC(=O)NC2CCN(CC(=O)Nc3ccccc3)CC2)cc1C. The number of nitrogens with zero attached hydrogens (tertiary/aromatic N) is 1. The van der Waals surface area contributed by atoms with E-state index in [2.05, 4.69) is 20.3 Å². The number of rotatable bonds is 9. The molecule has 0 spiro atoms. The Hall–Kier alpha value is -2.75. The number of carbonyl (C=O) groups excluding carboxylic acids is 2. The maximum Gasteiger partial charge on any atom is 0.240 e. The third kappa shape index (κ3) is 7.66. The van der Waals surface area contributed by atoms with Crippen LogP contribution in [0.3, 0.4) is 0 Å². The number of aryl methyl sites for hydroxylation is 2. The van der Waals surface area contributed by atoms with Crippen molar-refractivity contribution in [3.63, 3.8) is 0 Å². The molecule has 1 fully saturated rings. The number of hydrogen-bond donors (Lipinski definition) is 3. The summed E-state index contributed by atoms with van der Waals surface area (Å²) in [6.07, 6.45) is 1.57. The number of anilines is 1. The Bertz CT molecular complexity index is 1070. The second kappa shape index (κ2) is 11.4. The van der Waals surface area contributed by atoms with Crippen molar-refractivity contribution < 1.29 is 18.0 Å². The van der Waals surface area contributed by atoms with Gasteiger partial charge in [-0.2, -0.15) is 0 Å². The van der Waals surface area contributed by atoms with Crippen molar-refractivity contribution in [1.29, 1.82) is 0 Å². The molecule has 3 N–H and O–H groups in total. The first-order chi connectivity index (χ1) is 15.7. The van der Waals surface area contributed by atoms with Gasteiger partial charge in [0.25, 0.3) is 0 Å². The fourth-order valence-corrected chi connectivity index (χ4v) is 4.84. The Morgan fingerprint density at radius 1 is 0.970 bits per heavy atom. The van der Waals surface area contributed by atoms with Crippen molar-refractivity contribution in [2.45, 2.75) is 44.0 Å². The summed E-state index contributed by atoms with van der Waals surface area (Å²) in [5, 5.41) is 5.85. The van der Waals surface area contributed by atoms with Crippen molar-refractivity contribution in [2.24, 2.45) is 0 Å². The first-order valence-electron chi connectivity index (χ1n) is 11.2. The van der Waals surface area contributed by atoms with E-state index in [0.29, 0.717) is 19.6 Å². The van der Waals surface area contributed by atoms with E-state index in [1.807, 2.05) is 44.2 Å². The van der Waals surface area contributed by atoms with Crippen LogP contribution in [0.2, 0.25) is 0 Å². The smallest absolute Gasteiger partial charge is 0.240 e. The summed E-state index contributed by atoms with van der Waals surface area (Å²) in [6, 6.07) is 14.3. The fraction of sp³-hybridized carbons (Fsp3) is 0.417. The minimum atomic E-state index is -3.64. The average molecular weight is 473 g/mol. The summed E-state index contributed by atoms with van der Waals surface area (Å²) in [6.45, 7) is 5.57. The molecule has 0 atom stereocenters. The number of likely N-dealkylation sites (tertiary alicyclic amines) is 1. The van der Waals surface area contributed by atoms with Crippen LogP contribution < -0.4 is 15.4 Å². The van der Waals surface area contributed by atoms with Gasteiger partial charge >= 0.3 is 0 Å². The molecule has 1 heterocycles. The molecular weight excluding hydrogens is 440 g/mol. The monoisotopic (exact) mass is 472 g/mol. The molecule has 1 aliphatic heterocycles. The minimum absolute atomic E-state index is 0.0299.